The first-order chi connectivity index (χ1) is 13.7. The van der Waals surface area contributed by atoms with Gasteiger partial charge in [0.15, 0.2) is 0 Å². The van der Waals surface area contributed by atoms with Crippen LogP contribution in [-0.4, -0.2) is 30.2 Å². The zero-order valence-corrected chi connectivity index (χ0v) is 16.9. The van der Waals surface area contributed by atoms with E-state index in [1.807, 2.05) is 0 Å². The summed E-state index contributed by atoms with van der Waals surface area (Å²) in [5.74, 6) is -1.62. The van der Waals surface area contributed by atoms with Gasteiger partial charge in [-0.3, -0.25) is 19.2 Å². The SMILES string of the molecule is CC(=O)Nc1cc(NC(C)=O)cc(C(=O)NCC(=O)Nc2cccc(Cl)c2C)c1. The molecule has 2 rings (SSSR count). The third-order valence-corrected chi connectivity index (χ3v) is 4.20. The topological polar surface area (TPSA) is 116 Å². The van der Waals surface area contributed by atoms with Crippen LogP contribution in [-0.2, 0) is 14.4 Å². The predicted octanol–water partition coefficient (Wildman–Crippen LogP) is 2.93. The quantitative estimate of drug-likeness (QED) is 0.579. The molecule has 9 heteroatoms. The number of amides is 4. The average Bonchev–Trinajstić information content (AvgIpc) is 2.62. The first kappa shape index (κ1) is 21.9. The smallest absolute Gasteiger partial charge is 0.251 e. The second-order valence-electron chi connectivity index (χ2n) is 6.30. The first-order valence-electron chi connectivity index (χ1n) is 8.69. The van der Waals surface area contributed by atoms with Gasteiger partial charge in [-0.1, -0.05) is 17.7 Å². The lowest BCUT2D eigenvalue weighted by molar-refractivity contribution is -0.115. The van der Waals surface area contributed by atoms with Gasteiger partial charge in [0.25, 0.3) is 5.91 Å². The predicted molar refractivity (Wildman–Crippen MR) is 112 cm³/mol. The lowest BCUT2D eigenvalue weighted by Gasteiger charge is -2.12. The fourth-order valence-electron chi connectivity index (χ4n) is 2.51. The zero-order valence-electron chi connectivity index (χ0n) is 16.2. The molecule has 0 aromatic heterocycles. The standard InChI is InChI=1S/C20H21ClN4O4/c1-11-17(21)5-4-6-18(11)25-19(28)10-22-20(29)14-7-15(23-12(2)26)9-16(8-14)24-13(3)27/h4-9H,10H2,1-3H3,(H,22,29)(H,23,26)(H,24,27)(H,25,28). The minimum absolute atomic E-state index is 0.173. The van der Waals surface area contributed by atoms with Gasteiger partial charge in [0.1, 0.15) is 0 Å². The minimum atomic E-state index is -0.540. The van der Waals surface area contributed by atoms with Crippen molar-refractivity contribution in [2.24, 2.45) is 0 Å². The van der Waals surface area contributed by atoms with E-state index >= 15 is 0 Å². The highest BCUT2D eigenvalue weighted by atomic mass is 35.5. The number of carbonyl (C=O) groups is 4. The second-order valence-corrected chi connectivity index (χ2v) is 6.71. The van der Waals surface area contributed by atoms with Crippen LogP contribution in [0.2, 0.25) is 5.02 Å². The highest BCUT2D eigenvalue weighted by Gasteiger charge is 2.13. The summed E-state index contributed by atoms with van der Waals surface area (Å²) in [7, 11) is 0. The van der Waals surface area contributed by atoms with Crippen molar-refractivity contribution < 1.29 is 19.2 Å². The van der Waals surface area contributed by atoms with E-state index in [9.17, 15) is 19.2 Å². The third-order valence-electron chi connectivity index (χ3n) is 3.79. The van der Waals surface area contributed by atoms with Gasteiger partial charge >= 0.3 is 0 Å². The molecule has 0 heterocycles. The molecule has 4 N–H and O–H groups in total. The van der Waals surface area contributed by atoms with Gasteiger partial charge < -0.3 is 21.3 Å². The molecular weight excluding hydrogens is 396 g/mol. The second kappa shape index (κ2) is 9.70. The summed E-state index contributed by atoms with van der Waals surface area (Å²) in [6.07, 6.45) is 0. The number of nitrogens with one attached hydrogen (secondary N) is 4. The van der Waals surface area contributed by atoms with Crippen LogP contribution >= 0.6 is 11.6 Å². The molecule has 0 aliphatic carbocycles. The van der Waals surface area contributed by atoms with Gasteiger partial charge in [0, 0.05) is 41.5 Å². The number of benzene rings is 2. The summed E-state index contributed by atoms with van der Waals surface area (Å²) in [6, 6.07) is 9.54. The van der Waals surface area contributed by atoms with Crippen molar-refractivity contribution in [3.63, 3.8) is 0 Å². The molecule has 0 aliphatic heterocycles. The van der Waals surface area contributed by atoms with Crippen molar-refractivity contribution in [1.82, 2.24) is 5.32 Å². The van der Waals surface area contributed by atoms with Gasteiger partial charge in [0.05, 0.1) is 6.54 Å². The number of anilines is 3. The zero-order chi connectivity index (χ0) is 21.6. The number of hydrogen-bond acceptors (Lipinski definition) is 4. The molecule has 0 saturated carbocycles. The highest BCUT2D eigenvalue weighted by molar-refractivity contribution is 6.31. The van der Waals surface area contributed by atoms with E-state index in [0.717, 1.165) is 5.56 Å². The Morgan fingerprint density at radius 1 is 0.897 bits per heavy atom. The Morgan fingerprint density at radius 3 is 2.03 bits per heavy atom. The van der Waals surface area contributed by atoms with Gasteiger partial charge in [-0.15, -0.1) is 0 Å². The third kappa shape index (κ3) is 6.62. The van der Waals surface area contributed by atoms with Gasteiger partial charge in [0.2, 0.25) is 17.7 Å². The fraction of sp³-hybridized carbons (Fsp3) is 0.200. The summed E-state index contributed by atoms with van der Waals surface area (Å²) in [6.45, 7) is 4.15. The maximum atomic E-state index is 12.5. The van der Waals surface area contributed by atoms with Crippen LogP contribution in [0, 0.1) is 6.92 Å². The Bertz CT molecular complexity index is 941. The number of halogens is 1. The summed E-state index contributed by atoms with van der Waals surface area (Å²) >= 11 is 6.03. The van der Waals surface area contributed by atoms with Crippen LogP contribution in [0.5, 0.6) is 0 Å². The molecule has 2 aromatic carbocycles. The van der Waals surface area contributed by atoms with E-state index in [0.29, 0.717) is 22.1 Å². The van der Waals surface area contributed by atoms with Crippen LogP contribution in [0.25, 0.3) is 0 Å². The van der Waals surface area contributed by atoms with Gasteiger partial charge in [-0.2, -0.15) is 0 Å². The maximum Gasteiger partial charge on any atom is 0.251 e. The van der Waals surface area contributed by atoms with E-state index in [4.69, 9.17) is 11.6 Å². The summed E-state index contributed by atoms with van der Waals surface area (Å²) in [5, 5.41) is 10.8. The molecule has 0 bridgehead atoms. The van der Waals surface area contributed by atoms with E-state index in [1.165, 1.54) is 32.0 Å². The van der Waals surface area contributed by atoms with E-state index in [-0.39, 0.29) is 23.9 Å². The molecule has 8 nitrogen and oxygen atoms in total. The Kier molecular flexibility index (Phi) is 7.33. The van der Waals surface area contributed by atoms with Crippen molar-refractivity contribution in [2.45, 2.75) is 20.8 Å². The summed E-state index contributed by atoms with van der Waals surface area (Å²) in [5.41, 5.74) is 2.13. The molecule has 0 radical (unpaired) electrons. The van der Waals surface area contributed by atoms with Crippen molar-refractivity contribution in [3.8, 4) is 0 Å². The van der Waals surface area contributed by atoms with Crippen LogP contribution in [0.1, 0.15) is 29.8 Å². The summed E-state index contributed by atoms with van der Waals surface area (Å²) in [4.78, 5) is 47.2. The first-order valence-corrected chi connectivity index (χ1v) is 9.07. The van der Waals surface area contributed by atoms with Crippen LogP contribution in [0.4, 0.5) is 17.1 Å². The molecule has 0 spiro atoms. The fourth-order valence-corrected chi connectivity index (χ4v) is 2.68. The molecule has 0 atom stereocenters. The lowest BCUT2D eigenvalue weighted by Crippen LogP contribution is -2.33. The molecular formula is C20H21ClN4O4. The number of rotatable bonds is 6. The molecule has 29 heavy (non-hydrogen) atoms. The van der Waals surface area contributed by atoms with Gasteiger partial charge in [-0.25, -0.2) is 0 Å². The average molecular weight is 417 g/mol. The molecule has 4 amide bonds. The normalized spacial score (nSPS) is 10.1. The number of hydrogen-bond donors (Lipinski definition) is 4. The highest BCUT2D eigenvalue weighted by Crippen LogP contribution is 2.23. The molecule has 0 saturated heterocycles. The van der Waals surface area contributed by atoms with E-state index < -0.39 is 11.8 Å². The van der Waals surface area contributed by atoms with Crippen LogP contribution in [0.15, 0.2) is 36.4 Å². The Labute approximate surface area is 173 Å². The molecule has 0 aliphatic rings. The van der Waals surface area contributed by atoms with E-state index in [1.54, 1.807) is 25.1 Å². The van der Waals surface area contributed by atoms with Crippen molar-refractivity contribution >= 4 is 52.3 Å². The lowest BCUT2D eigenvalue weighted by atomic mass is 10.1. The Morgan fingerprint density at radius 2 is 1.48 bits per heavy atom. The van der Waals surface area contributed by atoms with E-state index in [2.05, 4.69) is 21.3 Å². The van der Waals surface area contributed by atoms with Crippen molar-refractivity contribution in [2.75, 3.05) is 22.5 Å². The maximum absolute atomic E-state index is 12.5. The Balaban J connectivity index is 2.08. The largest absolute Gasteiger partial charge is 0.343 e. The van der Waals surface area contributed by atoms with Crippen molar-refractivity contribution in [3.05, 3.63) is 52.5 Å². The minimum Gasteiger partial charge on any atom is -0.343 e. The molecule has 0 fully saturated rings. The summed E-state index contributed by atoms with van der Waals surface area (Å²) < 4.78 is 0. The Hall–Kier alpha value is -3.39. The molecule has 152 valence electrons. The van der Waals surface area contributed by atoms with Crippen LogP contribution in [0.3, 0.4) is 0 Å². The molecule has 0 unspecified atom stereocenters. The van der Waals surface area contributed by atoms with Gasteiger partial charge in [-0.05, 0) is 42.8 Å². The number of carbonyl (C=O) groups excluding carboxylic acids is 4. The van der Waals surface area contributed by atoms with Crippen LogP contribution < -0.4 is 21.3 Å². The van der Waals surface area contributed by atoms with Crippen molar-refractivity contribution in [1.29, 1.82) is 0 Å². The molecule has 2 aromatic rings. The monoisotopic (exact) mass is 416 g/mol.